The van der Waals surface area contributed by atoms with Crippen molar-refractivity contribution in [3.63, 3.8) is 0 Å². The highest BCUT2D eigenvalue weighted by Crippen LogP contribution is 2.23. The molecule has 0 bridgehead atoms. The normalized spacial score (nSPS) is 10.3. The zero-order valence-corrected chi connectivity index (χ0v) is 12.2. The van der Waals surface area contributed by atoms with Crippen molar-refractivity contribution < 1.29 is 14.6 Å². The van der Waals surface area contributed by atoms with Crippen molar-refractivity contribution >= 4 is 0 Å². The van der Waals surface area contributed by atoms with Gasteiger partial charge in [0.2, 0.25) is 0 Å². The number of benzene rings is 2. The lowest BCUT2D eigenvalue weighted by Gasteiger charge is -2.08. The van der Waals surface area contributed by atoms with Crippen molar-refractivity contribution in [2.45, 2.75) is 25.7 Å². The molecule has 3 nitrogen and oxygen atoms in total. The first-order valence-corrected chi connectivity index (χ1v) is 7.45. The van der Waals surface area contributed by atoms with Crippen molar-refractivity contribution in [2.75, 3.05) is 13.2 Å². The van der Waals surface area contributed by atoms with Gasteiger partial charge in [0.1, 0.15) is 17.2 Å². The van der Waals surface area contributed by atoms with E-state index in [0.29, 0.717) is 6.61 Å². The second-order valence-electron chi connectivity index (χ2n) is 4.87. The fourth-order valence-corrected chi connectivity index (χ4v) is 1.99. The lowest BCUT2D eigenvalue weighted by atomic mass is 10.2. The van der Waals surface area contributed by atoms with E-state index in [0.717, 1.165) is 42.9 Å². The van der Waals surface area contributed by atoms with Gasteiger partial charge in [-0.2, -0.15) is 0 Å². The summed E-state index contributed by atoms with van der Waals surface area (Å²) in [5.74, 6) is 2.49. The van der Waals surface area contributed by atoms with Crippen LogP contribution in [0.15, 0.2) is 54.6 Å². The predicted molar refractivity (Wildman–Crippen MR) is 84.0 cm³/mol. The zero-order chi connectivity index (χ0) is 14.8. The van der Waals surface area contributed by atoms with E-state index in [1.165, 1.54) is 0 Å². The van der Waals surface area contributed by atoms with Gasteiger partial charge in [-0.3, -0.25) is 0 Å². The lowest BCUT2D eigenvalue weighted by Crippen LogP contribution is -1.97. The van der Waals surface area contributed by atoms with Crippen LogP contribution in [-0.2, 0) is 0 Å². The quantitative estimate of drug-likeness (QED) is 0.694. The molecule has 2 aromatic carbocycles. The molecule has 1 N–H and O–H groups in total. The Balaban J connectivity index is 1.72. The number of ether oxygens (including phenoxy) is 2. The fourth-order valence-electron chi connectivity index (χ4n) is 1.99. The highest BCUT2D eigenvalue weighted by Gasteiger charge is 1.98. The van der Waals surface area contributed by atoms with Crippen LogP contribution in [0, 0.1) is 0 Å². The van der Waals surface area contributed by atoms with Crippen LogP contribution in [0.1, 0.15) is 25.7 Å². The Morgan fingerprint density at radius 1 is 0.667 bits per heavy atom. The highest BCUT2D eigenvalue weighted by molar-refractivity contribution is 5.35. The van der Waals surface area contributed by atoms with E-state index in [9.17, 15) is 0 Å². The Morgan fingerprint density at radius 2 is 1.29 bits per heavy atom. The van der Waals surface area contributed by atoms with Crippen LogP contribution in [0.25, 0.3) is 0 Å². The summed E-state index contributed by atoms with van der Waals surface area (Å²) in [5, 5.41) is 8.69. The van der Waals surface area contributed by atoms with E-state index < -0.39 is 0 Å². The van der Waals surface area contributed by atoms with E-state index in [2.05, 4.69) is 0 Å². The van der Waals surface area contributed by atoms with Crippen molar-refractivity contribution in [3.05, 3.63) is 54.6 Å². The van der Waals surface area contributed by atoms with Gasteiger partial charge in [-0.1, -0.05) is 24.6 Å². The number of rotatable bonds is 9. The summed E-state index contributed by atoms with van der Waals surface area (Å²) in [5.41, 5.74) is 0. The fraction of sp³-hybridized carbons (Fsp3) is 0.333. The number of aliphatic hydroxyl groups is 1. The second-order valence-corrected chi connectivity index (χ2v) is 4.87. The van der Waals surface area contributed by atoms with Crippen LogP contribution in [0.4, 0.5) is 0 Å². The Bertz CT molecular complexity index is 494. The Hall–Kier alpha value is -2.00. The molecule has 21 heavy (non-hydrogen) atoms. The molecule has 0 heterocycles. The second kappa shape index (κ2) is 9.03. The van der Waals surface area contributed by atoms with Gasteiger partial charge >= 0.3 is 0 Å². The van der Waals surface area contributed by atoms with Gasteiger partial charge in [-0.15, -0.1) is 0 Å². The SMILES string of the molecule is OCCCCCCOc1ccc(Oc2ccccc2)cc1. The summed E-state index contributed by atoms with van der Waals surface area (Å²) < 4.78 is 11.4. The van der Waals surface area contributed by atoms with Crippen LogP contribution in [0.2, 0.25) is 0 Å². The van der Waals surface area contributed by atoms with E-state index in [4.69, 9.17) is 14.6 Å². The summed E-state index contributed by atoms with van der Waals surface area (Å²) in [6.45, 7) is 0.994. The van der Waals surface area contributed by atoms with Gasteiger partial charge in [0.15, 0.2) is 0 Å². The number of para-hydroxylation sites is 1. The molecule has 0 aliphatic rings. The third-order valence-electron chi connectivity index (χ3n) is 3.12. The summed E-state index contributed by atoms with van der Waals surface area (Å²) >= 11 is 0. The number of hydrogen-bond donors (Lipinski definition) is 1. The first-order chi connectivity index (χ1) is 10.4. The minimum Gasteiger partial charge on any atom is -0.494 e. The summed E-state index contributed by atoms with van der Waals surface area (Å²) in [6.07, 6.45) is 4.05. The highest BCUT2D eigenvalue weighted by atomic mass is 16.5. The smallest absolute Gasteiger partial charge is 0.127 e. The Kier molecular flexibility index (Phi) is 6.62. The molecule has 0 saturated carbocycles. The average molecular weight is 286 g/mol. The Morgan fingerprint density at radius 3 is 2.00 bits per heavy atom. The summed E-state index contributed by atoms with van der Waals surface area (Å²) in [4.78, 5) is 0. The molecule has 0 fully saturated rings. The van der Waals surface area contributed by atoms with Crippen molar-refractivity contribution in [1.82, 2.24) is 0 Å². The molecule has 0 amide bonds. The van der Waals surface area contributed by atoms with Crippen LogP contribution in [0.5, 0.6) is 17.2 Å². The molecular formula is C18H22O3. The van der Waals surface area contributed by atoms with E-state index >= 15 is 0 Å². The molecule has 0 atom stereocenters. The molecule has 0 unspecified atom stereocenters. The van der Waals surface area contributed by atoms with Crippen molar-refractivity contribution in [3.8, 4) is 17.2 Å². The van der Waals surface area contributed by atoms with Crippen LogP contribution >= 0.6 is 0 Å². The first kappa shape index (κ1) is 15.4. The van der Waals surface area contributed by atoms with Gasteiger partial charge < -0.3 is 14.6 Å². The molecule has 0 aliphatic heterocycles. The zero-order valence-electron chi connectivity index (χ0n) is 12.2. The van der Waals surface area contributed by atoms with E-state index in [1.54, 1.807) is 0 Å². The monoisotopic (exact) mass is 286 g/mol. The first-order valence-electron chi connectivity index (χ1n) is 7.45. The minimum atomic E-state index is 0.281. The standard InChI is InChI=1S/C18H22O3/c19-14-6-1-2-7-15-20-16-10-12-18(13-11-16)21-17-8-4-3-5-9-17/h3-5,8-13,19H,1-2,6-7,14-15H2. The maximum Gasteiger partial charge on any atom is 0.127 e. The molecule has 112 valence electrons. The van der Waals surface area contributed by atoms with Gasteiger partial charge in [-0.25, -0.2) is 0 Å². The number of aliphatic hydroxyl groups excluding tert-OH is 1. The van der Waals surface area contributed by atoms with Crippen LogP contribution < -0.4 is 9.47 Å². The summed E-state index contributed by atoms with van der Waals surface area (Å²) in [6, 6.07) is 17.4. The molecule has 3 heteroatoms. The van der Waals surface area contributed by atoms with E-state index in [1.807, 2.05) is 54.6 Å². The largest absolute Gasteiger partial charge is 0.494 e. The molecular weight excluding hydrogens is 264 g/mol. The lowest BCUT2D eigenvalue weighted by molar-refractivity contribution is 0.273. The summed E-state index contributed by atoms with van der Waals surface area (Å²) in [7, 11) is 0. The maximum absolute atomic E-state index is 8.69. The van der Waals surface area contributed by atoms with Crippen LogP contribution in [0.3, 0.4) is 0 Å². The molecule has 0 radical (unpaired) electrons. The average Bonchev–Trinajstić information content (AvgIpc) is 2.53. The topological polar surface area (TPSA) is 38.7 Å². The number of hydrogen-bond acceptors (Lipinski definition) is 3. The molecule has 0 aliphatic carbocycles. The third-order valence-corrected chi connectivity index (χ3v) is 3.12. The van der Waals surface area contributed by atoms with Gasteiger partial charge in [-0.05, 0) is 55.7 Å². The van der Waals surface area contributed by atoms with Gasteiger partial charge in [0.05, 0.1) is 6.61 Å². The van der Waals surface area contributed by atoms with Gasteiger partial charge in [0, 0.05) is 6.61 Å². The molecule has 0 saturated heterocycles. The van der Waals surface area contributed by atoms with E-state index in [-0.39, 0.29) is 6.61 Å². The van der Waals surface area contributed by atoms with Crippen molar-refractivity contribution in [1.29, 1.82) is 0 Å². The van der Waals surface area contributed by atoms with Crippen molar-refractivity contribution in [2.24, 2.45) is 0 Å². The molecule has 2 aromatic rings. The molecule has 2 rings (SSSR count). The molecule has 0 spiro atoms. The minimum absolute atomic E-state index is 0.281. The predicted octanol–water partition coefficient (Wildman–Crippen LogP) is 4.41. The number of unbranched alkanes of at least 4 members (excludes halogenated alkanes) is 3. The third kappa shape index (κ3) is 5.88. The van der Waals surface area contributed by atoms with Crippen LogP contribution in [-0.4, -0.2) is 18.3 Å². The van der Waals surface area contributed by atoms with Gasteiger partial charge in [0.25, 0.3) is 0 Å². The molecule has 0 aromatic heterocycles. The maximum atomic E-state index is 8.69. The Labute approximate surface area is 126 Å².